The smallest absolute Gasteiger partial charge is 0.251 e. The maximum Gasteiger partial charge on any atom is 0.251 e. The van der Waals surface area contributed by atoms with E-state index in [2.05, 4.69) is 10.3 Å². The van der Waals surface area contributed by atoms with Crippen molar-refractivity contribution in [3.05, 3.63) is 95.9 Å². The van der Waals surface area contributed by atoms with Crippen LogP contribution in [0, 0.1) is 17.6 Å². The molecule has 1 amide bonds. The Balaban J connectivity index is 1.10. The Hall–Kier alpha value is -3.39. The molecular formula is C26H24F2N4OS. The summed E-state index contributed by atoms with van der Waals surface area (Å²) < 4.78 is 28.7. The van der Waals surface area contributed by atoms with Crippen LogP contribution in [-0.2, 0) is 5.75 Å². The largest absolute Gasteiger partial charge is 0.371 e. The predicted octanol–water partition coefficient (Wildman–Crippen LogP) is 5.16. The standard InChI is InChI=1S/C26H24F2N4OS/c27-23-9-6-21(13-24(23)28)31-12-10-18(15-31)14-29-26(33)19-4-7-22(8-5-19)34-17-20-16-32-11-2-1-3-25(32)30-20/h1-9,11,13,16,18H,10,12,14-15,17H2,(H,29,33). The van der Waals surface area contributed by atoms with Crippen molar-refractivity contribution in [2.45, 2.75) is 17.1 Å². The fourth-order valence-electron chi connectivity index (χ4n) is 4.17. The maximum atomic E-state index is 13.5. The number of nitrogens with zero attached hydrogens (tertiary/aromatic N) is 3. The molecule has 0 radical (unpaired) electrons. The molecule has 1 fully saturated rings. The van der Waals surface area contributed by atoms with E-state index >= 15 is 0 Å². The van der Waals surface area contributed by atoms with Crippen LogP contribution in [-0.4, -0.2) is 34.9 Å². The third-order valence-electron chi connectivity index (χ3n) is 6.02. The van der Waals surface area contributed by atoms with Gasteiger partial charge >= 0.3 is 0 Å². The lowest BCUT2D eigenvalue weighted by molar-refractivity contribution is 0.0948. The first-order valence-electron chi connectivity index (χ1n) is 11.2. The predicted molar refractivity (Wildman–Crippen MR) is 130 cm³/mol. The molecule has 0 aliphatic carbocycles. The third-order valence-corrected chi connectivity index (χ3v) is 7.07. The molecule has 1 aliphatic rings. The molecule has 0 spiro atoms. The minimum absolute atomic E-state index is 0.108. The van der Waals surface area contributed by atoms with Gasteiger partial charge in [0.15, 0.2) is 11.6 Å². The molecule has 5 rings (SSSR count). The van der Waals surface area contributed by atoms with Crippen molar-refractivity contribution in [1.82, 2.24) is 14.7 Å². The minimum atomic E-state index is -0.841. The molecule has 0 saturated carbocycles. The van der Waals surface area contributed by atoms with Gasteiger partial charge in [-0.3, -0.25) is 4.79 Å². The number of hydrogen-bond donors (Lipinski definition) is 1. The molecule has 3 heterocycles. The lowest BCUT2D eigenvalue weighted by Crippen LogP contribution is -2.31. The molecule has 1 N–H and O–H groups in total. The number of aromatic nitrogens is 2. The normalized spacial score (nSPS) is 15.7. The average Bonchev–Trinajstić information content (AvgIpc) is 3.50. The maximum absolute atomic E-state index is 13.5. The first kappa shape index (κ1) is 22.4. The van der Waals surface area contributed by atoms with E-state index in [0.29, 0.717) is 24.3 Å². The highest BCUT2D eigenvalue weighted by atomic mass is 32.2. The van der Waals surface area contributed by atoms with Gasteiger partial charge < -0.3 is 14.6 Å². The van der Waals surface area contributed by atoms with E-state index in [4.69, 9.17) is 0 Å². The lowest BCUT2D eigenvalue weighted by atomic mass is 10.1. The van der Waals surface area contributed by atoms with Gasteiger partial charge in [0.05, 0.1) is 5.69 Å². The second-order valence-electron chi connectivity index (χ2n) is 8.42. The minimum Gasteiger partial charge on any atom is -0.371 e. The van der Waals surface area contributed by atoms with E-state index in [1.807, 2.05) is 64.2 Å². The molecule has 1 unspecified atom stereocenters. The van der Waals surface area contributed by atoms with Crippen LogP contribution in [0.2, 0.25) is 0 Å². The van der Waals surface area contributed by atoms with Crippen LogP contribution in [0.3, 0.4) is 0 Å². The van der Waals surface area contributed by atoms with Crippen LogP contribution in [0.25, 0.3) is 5.65 Å². The Morgan fingerprint density at radius 2 is 1.94 bits per heavy atom. The summed E-state index contributed by atoms with van der Waals surface area (Å²) in [5.41, 5.74) is 3.23. The molecule has 4 aromatic rings. The van der Waals surface area contributed by atoms with E-state index in [0.717, 1.165) is 41.0 Å². The second-order valence-corrected chi connectivity index (χ2v) is 9.47. The number of imidazole rings is 1. The van der Waals surface area contributed by atoms with Gasteiger partial charge in [-0.2, -0.15) is 0 Å². The third kappa shape index (κ3) is 5.07. The van der Waals surface area contributed by atoms with Crippen molar-refractivity contribution < 1.29 is 13.6 Å². The molecule has 5 nitrogen and oxygen atoms in total. The van der Waals surface area contributed by atoms with Crippen LogP contribution < -0.4 is 10.2 Å². The van der Waals surface area contributed by atoms with Crippen LogP contribution in [0.1, 0.15) is 22.5 Å². The Labute approximate surface area is 200 Å². The van der Waals surface area contributed by atoms with Gasteiger partial charge in [0, 0.05) is 60.0 Å². The number of rotatable bonds is 7. The molecule has 1 atom stereocenters. The van der Waals surface area contributed by atoms with Gasteiger partial charge in [-0.25, -0.2) is 13.8 Å². The number of halogens is 2. The number of carbonyl (C=O) groups excluding carboxylic acids is 1. The summed E-state index contributed by atoms with van der Waals surface area (Å²) in [4.78, 5) is 20.3. The molecule has 8 heteroatoms. The number of thioether (sulfide) groups is 1. The van der Waals surface area contributed by atoms with Crippen LogP contribution in [0.15, 0.2) is 78.0 Å². The number of nitrogens with one attached hydrogen (secondary N) is 1. The van der Waals surface area contributed by atoms with Crippen molar-refractivity contribution in [2.24, 2.45) is 5.92 Å². The number of hydrogen-bond acceptors (Lipinski definition) is 4. The highest BCUT2D eigenvalue weighted by Gasteiger charge is 2.24. The average molecular weight is 479 g/mol. The molecule has 174 valence electrons. The molecule has 2 aromatic carbocycles. The Morgan fingerprint density at radius 1 is 1.09 bits per heavy atom. The lowest BCUT2D eigenvalue weighted by Gasteiger charge is -2.19. The van der Waals surface area contributed by atoms with E-state index in [9.17, 15) is 13.6 Å². The van der Waals surface area contributed by atoms with Crippen LogP contribution in [0.4, 0.5) is 14.5 Å². The van der Waals surface area contributed by atoms with Crippen molar-refractivity contribution >= 4 is 29.0 Å². The summed E-state index contributed by atoms with van der Waals surface area (Å²) in [5, 5.41) is 3.01. The van der Waals surface area contributed by atoms with Gasteiger partial charge in [0.2, 0.25) is 0 Å². The summed E-state index contributed by atoms with van der Waals surface area (Å²) >= 11 is 1.68. The molecule has 2 aromatic heterocycles. The summed E-state index contributed by atoms with van der Waals surface area (Å²) in [6.45, 7) is 2.00. The fraction of sp³-hybridized carbons (Fsp3) is 0.231. The topological polar surface area (TPSA) is 49.6 Å². The monoisotopic (exact) mass is 478 g/mol. The van der Waals surface area contributed by atoms with Crippen molar-refractivity contribution in [3.8, 4) is 0 Å². The van der Waals surface area contributed by atoms with E-state index in [-0.39, 0.29) is 11.8 Å². The number of anilines is 1. The second kappa shape index (κ2) is 9.85. The zero-order valence-corrected chi connectivity index (χ0v) is 19.3. The van der Waals surface area contributed by atoms with Gasteiger partial charge in [-0.05, 0) is 60.9 Å². The Kier molecular flexibility index (Phi) is 6.49. The van der Waals surface area contributed by atoms with Crippen LogP contribution >= 0.6 is 11.8 Å². The van der Waals surface area contributed by atoms with E-state index < -0.39 is 11.6 Å². The highest BCUT2D eigenvalue weighted by molar-refractivity contribution is 7.98. The quantitative estimate of drug-likeness (QED) is 0.373. The van der Waals surface area contributed by atoms with Crippen molar-refractivity contribution in [1.29, 1.82) is 0 Å². The number of benzene rings is 2. The summed E-state index contributed by atoms with van der Waals surface area (Å²) in [7, 11) is 0. The number of amides is 1. The highest BCUT2D eigenvalue weighted by Crippen LogP contribution is 2.26. The number of pyridine rings is 1. The van der Waals surface area contributed by atoms with E-state index in [1.165, 1.54) is 6.07 Å². The van der Waals surface area contributed by atoms with Gasteiger partial charge in [0.25, 0.3) is 5.91 Å². The molecule has 0 bridgehead atoms. The molecule has 34 heavy (non-hydrogen) atoms. The molecule has 1 aliphatic heterocycles. The Bertz CT molecular complexity index is 1270. The summed E-state index contributed by atoms with van der Waals surface area (Å²) in [5.74, 6) is -0.773. The molecular weight excluding hydrogens is 454 g/mol. The molecule has 1 saturated heterocycles. The first-order chi connectivity index (χ1) is 16.5. The summed E-state index contributed by atoms with van der Waals surface area (Å²) in [6, 6.07) is 17.5. The fourth-order valence-corrected chi connectivity index (χ4v) is 4.95. The van der Waals surface area contributed by atoms with Crippen molar-refractivity contribution in [3.63, 3.8) is 0 Å². The number of carbonyl (C=O) groups is 1. The zero-order chi connectivity index (χ0) is 23.5. The number of fused-ring (bicyclic) bond motifs is 1. The zero-order valence-electron chi connectivity index (χ0n) is 18.5. The van der Waals surface area contributed by atoms with Crippen molar-refractivity contribution in [2.75, 3.05) is 24.5 Å². The van der Waals surface area contributed by atoms with Gasteiger partial charge in [-0.15, -0.1) is 11.8 Å². The van der Waals surface area contributed by atoms with E-state index in [1.54, 1.807) is 17.8 Å². The Morgan fingerprint density at radius 3 is 2.74 bits per heavy atom. The SMILES string of the molecule is O=C(NCC1CCN(c2ccc(F)c(F)c2)C1)c1ccc(SCc2cn3ccccc3n2)cc1. The summed E-state index contributed by atoms with van der Waals surface area (Å²) in [6.07, 6.45) is 4.90. The van der Waals surface area contributed by atoms with Gasteiger partial charge in [0.1, 0.15) is 5.65 Å². The first-order valence-corrected chi connectivity index (χ1v) is 12.2. The van der Waals surface area contributed by atoms with Crippen LogP contribution in [0.5, 0.6) is 0 Å². The van der Waals surface area contributed by atoms with Gasteiger partial charge in [-0.1, -0.05) is 6.07 Å².